The first-order valence-corrected chi connectivity index (χ1v) is 10.2. The molecule has 0 radical (unpaired) electrons. The molecule has 1 N–H and O–H groups in total. The average Bonchev–Trinajstić information content (AvgIpc) is 3.10. The lowest BCUT2D eigenvalue weighted by Gasteiger charge is -2.23. The quantitative estimate of drug-likeness (QED) is 0.552. The maximum atomic E-state index is 14.1. The highest BCUT2D eigenvalue weighted by Gasteiger charge is 2.30. The van der Waals surface area contributed by atoms with Gasteiger partial charge < -0.3 is 14.7 Å². The molecular weight excluding hydrogens is 416 g/mol. The van der Waals surface area contributed by atoms with Gasteiger partial charge in [-0.15, -0.1) is 0 Å². The van der Waals surface area contributed by atoms with Crippen molar-refractivity contribution in [3.05, 3.63) is 95.1 Å². The number of hydrogen-bond donors (Lipinski definition) is 1. The van der Waals surface area contributed by atoms with Crippen molar-refractivity contribution in [2.24, 2.45) is 0 Å². The molecule has 0 saturated heterocycles. The number of ether oxygens (including phenoxy) is 1. The Morgan fingerprint density at radius 1 is 0.875 bits per heavy atom. The van der Waals surface area contributed by atoms with Crippen LogP contribution >= 0.6 is 0 Å². The van der Waals surface area contributed by atoms with Crippen LogP contribution in [0, 0.1) is 11.6 Å². The summed E-state index contributed by atoms with van der Waals surface area (Å²) in [6, 6.07) is 19.1. The first kappa shape index (κ1) is 21.5. The minimum atomic E-state index is -1.13. The Kier molecular flexibility index (Phi) is 6.16. The fraction of sp³-hybridized carbons (Fsp3) is 0.200. The lowest BCUT2D eigenvalue weighted by atomic mass is 9.98. The van der Waals surface area contributed by atoms with Crippen LogP contribution in [-0.2, 0) is 16.1 Å². The zero-order valence-corrected chi connectivity index (χ0v) is 17.1. The summed E-state index contributed by atoms with van der Waals surface area (Å²) in [7, 11) is 0. The maximum Gasteiger partial charge on any atom is 0.410 e. The summed E-state index contributed by atoms with van der Waals surface area (Å²) in [5.41, 5.74) is 3.88. The van der Waals surface area contributed by atoms with E-state index in [2.05, 4.69) is 0 Å². The SMILES string of the molecule is O=C(O)CCN(Cc1c(F)cccc1F)C(=O)OCC1c2ccccc2-c2ccccc21. The molecule has 0 spiro atoms. The van der Waals surface area contributed by atoms with Crippen molar-refractivity contribution in [3.8, 4) is 11.1 Å². The van der Waals surface area contributed by atoms with E-state index in [0.717, 1.165) is 39.3 Å². The zero-order valence-electron chi connectivity index (χ0n) is 17.1. The van der Waals surface area contributed by atoms with Crippen LogP contribution < -0.4 is 0 Å². The minimum absolute atomic E-state index is 0.0240. The number of hydrogen-bond acceptors (Lipinski definition) is 3. The topological polar surface area (TPSA) is 66.8 Å². The summed E-state index contributed by atoms with van der Waals surface area (Å²) in [6.45, 7) is -0.640. The number of halogens is 2. The summed E-state index contributed by atoms with van der Waals surface area (Å²) >= 11 is 0. The highest BCUT2D eigenvalue weighted by molar-refractivity contribution is 5.79. The first-order valence-electron chi connectivity index (χ1n) is 10.2. The van der Waals surface area contributed by atoms with Gasteiger partial charge in [0.2, 0.25) is 0 Å². The number of carbonyl (C=O) groups is 2. The van der Waals surface area contributed by atoms with E-state index in [1.54, 1.807) is 0 Å². The molecule has 0 bridgehead atoms. The summed E-state index contributed by atoms with van der Waals surface area (Å²) < 4.78 is 33.7. The molecule has 0 aliphatic heterocycles. The molecule has 1 aliphatic rings. The lowest BCUT2D eigenvalue weighted by molar-refractivity contribution is -0.137. The third-order valence-corrected chi connectivity index (χ3v) is 5.60. The molecule has 1 aliphatic carbocycles. The Hall–Kier alpha value is -3.74. The molecule has 3 aromatic rings. The molecule has 0 saturated carbocycles. The lowest BCUT2D eigenvalue weighted by Crippen LogP contribution is -2.34. The average molecular weight is 437 g/mol. The van der Waals surface area contributed by atoms with Gasteiger partial charge in [-0.25, -0.2) is 13.6 Å². The van der Waals surface area contributed by atoms with Crippen molar-refractivity contribution < 1.29 is 28.2 Å². The fourth-order valence-electron chi connectivity index (χ4n) is 4.03. The predicted octanol–water partition coefficient (Wildman–Crippen LogP) is 5.19. The number of fused-ring (bicyclic) bond motifs is 3. The van der Waals surface area contributed by atoms with Crippen molar-refractivity contribution in [1.82, 2.24) is 4.90 Å². The van der Waals surface area contributed by atoms with Crippen LogP contribution in [0.4, 0.5) is 13.6 Å². The van der Waals surface area contributed by atoms with Crippen LogP contribution in [0.15, 0.2) is 66.7 Å². The largest absolute Gasteiger partial charge is 0.481 e. The third-order valence-electron chi connectivity index (χ3n) is 5.60. The number of nitrogens with zero attached hydrogens (tertiary/aromatic N) is 1. The molecule has 0 heterocycles. The molecule has 3 aromatic carbocycles. The Morgan fingerprint density at radius 2 is 1.44 bits per heavy atom. The molecule has 4 rings (SSSR count). The van der Waals surface area contributed by atoms with Crippen LogP contribution in [-0.4, -0.2) is 35.2 Å². The zero-order chi connectivity index (χ0) is 22.7. The van der Waals surface area contributed by atoms with E-state index in [4.69, 9.17) is 9.84 Å². The van der Waals surface area contributed by atoms with Gasteiger partial charge in [-0.3, -0.25) is 4.79 Å². The molecule has 0 fully saturated rings. The molecule has 0 aromatic heterocycles. The Morgan fingerprint density at radius 3 is 2.00 bits per heavy atom. The van der Waals surface area contributed by atoms with Gasteiger partial charge in [-0.1, -0.05) is 54.6 Å². The van der Waals surface area contributed by atoms with E-state index < -0.39 is 30.2 Å². The van der Waals surface area contributed by atoms with Gasteiger partial charge in [0.25, 0.3) is 0 Å². The van der Waals surface area contributed by atoms with E-state index in [0.29, 0.717) is 0 Å². The summed E-state index contributed by atoms with van der Waals surface area (Å²) in [5, 5.41) is 9.01. The number of carbonyl (C=O) groups excluding carboxylic acids is 1. The molecule has 0 unspecified atom stereocenters. The number of aliphatic carboxylic acids is 1. The molecule has 164 valence electrons. The molecule has 5 nitrogen and oxygen atoms in total. The number of benzene rings is 3. The van der Waals surface area contributed by atoms with Gasteiger partial charge in [0, 0.05) is 18.0 Å². The third kappa shape index (κ3) is 4.32. The van der Waals surface area contributed by atoms with Crippen molar-refractivity contribution in [2.75, 3.05) is 13.2 Å². The number of rotatable bonds is 7. The number of amides is 1. The van der Waals surface area contributed by atoms with E-state index in [1.165, 1.54) is 6.07 Å². The smallest absolute Gasteiger partial charge is 0.410 e. The van der Waals surface area contributed by atoms with Crippen molar-refractivity contribution >= 4 is 12.1 Å². The first-order chi connectivity index (χ1) is 15.5. The molecule has 7 heteroatoms. The van der Waals surface area contributed by atoms with Crippen LogP contribution in [0.25, 0.3) is 11.1 Å². The second-order valence-electron chi connectivity index (χ2n) is 7.57. The summed E-state index contributed by atoms with van der Waals surface area (Å²) in [4.78, 5) is 24.9. The molecule has 1 amide bonds. The second kappa shape index (κ2) is 9.18. The van der Waals surface area contributed by atoms with Gasteiger partial charge in [-0.05, 0) is 34.4 Å². The Balaban J connectivity index is 1.53. The van der Waals surface area contributed by atoms with E-state index in [1.807, 2.05) is 48.5 Å². The van der Waals surface area contributed by atoms with Crippen LogP contribution in [0.5, 0.6) is 0 Å². The highest BCUT2D eigenvalue weighted by Crippen LogP contribution is 2.44. The van der Waals surface area contributed by atoms with Gasteiger partial charge >= 0.3 is 12.1 Å². The van der Waals surface area contributed by atoms with Gasteiger partial charge in [0.1, 0.15) is 18.2 Å². The van der Waals surface area contributed by atoms with Crippen LogP contribution in [0.3, 0.4) is 0 Å². The molecule has 32 heavy (non-hydrogen) atoms. The summed E-state index contributed by atoms with van der Waals surface area (Å²) in [6.07, 6.45) is -1.20. The monoisotopic (exact) mass is 437 g/mol. The predicted molar refractivity (Wildman–Crippen MR) is 114 cm³/mol. The van der Waals surface area contributed by atoms with E-state index in [-0.39, 0.29) is 31.1 Å². The standard InChI is InChI=1S/C25H21F2NO4/c26-22-10-5-11-23(27)20(22)14-28(13-12-24(29)30)25(31)32-15-21-18-8-3-1-6-16(18)17-7-2-4-9-19(17)21/h1-11,21H,12-15H2,(H,29,30). The molecular formula is C25H21F2NO4. The van der Waals surface area contributed by atoms with Gasteiger partial charge in [0.05, 0.1) is 13.0 Å². The van der Waals surface area contributed by atoms with E-state index in [9.17, 15) is 18.4 Å². The Labute approximate surface area is 183 Å². The van der Waals surface area contributed by atoms with Crippen LogP contribution in [0.1, 0.15) is 29.0 Å². The van der Waals surface area contributed by atoms with Gasteiger partial charge in [-0.2, -0.15) is 0 Å². The van der Waals surface area contributed by atoms with Crippen LogP contribution in [0.2, 0.25) is 0 Å². The minimum Gasteiger partial charge on any atom is -0.481 e. The maximum absolute atomic E-state index is 14.1. The number of carboxylic acid groups (broad SMARTS) is 1. The number of carboxylic acids is 1. The van der Waals surface area contributed by atoms with Crippen molar-refractivity contribution in [2.45, 2.75) is 18.9 Å². The molecule has 0 atom stereocenters. The summed E-state index contributed by atoms with van der Waals surface area (Å²) in [5.74, 6) is -2.93. The van der Waals surface area contributed by atoms with E-state index >= 15 is 0 Å². The second-order valence-corrected chi connectivity index (χ2v) is 7.57. The fourth-order valence-corrected chi connectivity index (χ4v) is 4.03. The van der Waals surface area contributed by atoms with Crippen molar-refractivity contribution in [3.63, 3.8) is 0 Å². The normalized spacial score (nSPS) is 12.2. The Bertz CT molecular complexity index is 1100. The van der Waals surface area contributed by atoms with Crippen molar-refractivity contribution in [1.29, 1.82) is 0 Å². The highest BCUT2D eigenvalue weighted by atomic mass is 19.1. The van der Waals surface area contributed by atoms with Gasteiger partial charge in [0.15, 0.2) is 0 Å².